The van der Waals surface area contributed by atoms with Gasteiger partial charge < -0.3 is 20.5 Å². The van der Waals surface area contributed by atoms with Crippen molar-refractivity contribution < 1.29 is 4.79 Å². The first-order valence-electron chi connectivity index (χ1n) is 10.6. The number of carbonyl (C=O) groups is 1. The Labute approximate surface area is 167 Å². The van der Waals surface area contributed by atoms with Crippen molar-refractivity contribution >= 4 is 22.8 Å². The molecule has 0 saturated carbocycles. The number of rotatable bonds is 7. The first kappa shape index (κ1) is 20.2. The SMILES string of the molecule is CCNC(=NCCC(=O)N1CCCCC1C)NCCc1c[nH]c2ccccc12. The van der Waals surface area contributed by atoms with Crippen LogP contribution in [-0.4, -0.2) is 54.0 Å². The lowest BCUT2D eigenvalue weighted by Crippen LogP contribution is -2.42. The number of benzene rings is 1. The van der Waals surface area contributed by atoms with E-state index in [4.69, 9.17) is 0 Å². The number of H-pyrrole nitrogens is 1. The van der Waals surface area contributed by atoms with Crippen LogP contribution in [0.3, 0.4) is 0 Å². The van der Waals surface area contributed by atoms with Crippen LogP contribution in [0.4, 0.5) is 0 Å². The van der Waals surface area contributed by atoms with Crippen LogP contribution >= 0.6 is 0 Å². The Morgan fingerprint density at radius 1 is 1.29 bits per heavy atom. The van der Waals surface area contributed by atoms with E-state index in [2.05, 4.69) is 58.9 Å². The fraction of sp³-hybridized carbons (Fsp3) is 0.545. The molecule has 0 aliphatic carbocycles. The van der Waals surface area contributed by atoms with Crippen LogP contribution < -0.4 is 10.6 Å². The summed E-state index contributed by atoms with van der Waals surface area (Å²) >= 11 is 0. The molecule has 6 nitrogen and oxygen atoms in total. The fourth-order valence-electron chi connectivity index (χ4n) is 3.87. The molecule has 1 aliphatic heterocycles. The third-order valence-corrected chi connectivity index (χ3v) is 5.42. The fourth-order valence-corrected chi connectivity index (χ4v) is 3.87. The van der Waals surface area contributed by atoms with Crippen molar-refractivity contribution in [1.29, 1.82) is 0 Å². The number of para-hydroxylation sites is 1. The smallest absolute Gasteiger partial charge is 0.224 e. The molecule has 1 fully saturated rings. The summed E-state index contributed by atoms with van der Waals surface area (Å²) in [6.07, 6.45) is 6.94. The van der Waals surface area contributed by atoms with E-state index in [-0.39, 0.29) is 5.91 Å². The Bertz CT molecular complexity index is 797. The van der Waals surface area contributed by atoms with Crippen LogP contribution in [0.15, 0.2) is 35.5 Å². The van der Waals surface area contributed by atoms with E-state index in [1.54, 1.807) is 0 Å². The molecule has 2 heterocycles. The molecular weight excluding hydrogens is 350 g/mol. The summed E-state index contributed by atoms with van der Waals surface area (Å²) in [5.41, 5.74) is 2.47. The second-order valence-corrected chi connectivity index (χ2v) is 7.48. The van der Waals surface area contributed by atoms with Crippen LogP contribution in [-0.2, 0) is 11.2 Å². The average molecular weight is 384 g/mol. The van der Waals surface area contributed by atoms with Gasteiger partial charge in [-0.05, 0) is 51.2 Å². The van der Waals surface area contributed by atoms with Gasteiger partial charge in [-0.3, -0.25) is 9.79 Å². The molecule has 1 amide bonds. The number of hydrogen-bond donors (Lipinski definition) is 3. The highest BCUT2D eigenvalue weighted by Gasteiger charge is 2.22. The minimum absolute atomic E-state index is 0.227. The van der Waals surface area contributed by atoms with Gasteiger partial charge in [-0.25, -0.2) is 0 Å². The first-order chi connectivity index (χ1) is 13.7. The Kier molecular flexibility index (Phi) is 7.34. The molecule has 28 heavy (non-hydrogen) atoms. The van der Waals surface area contributed by atoms with E-state index in [1.807, 2.05) is 11.0 Å². The number of fused-ring (bicyclic) bond motifs is 1. The molecular formula is C22H33N5O. The zero-order valence-corrected chi connectivity index (χ0v) is 17.1. The standard InChI is InChI=1S/C22H33N5O/c1-3-23-22(25-14-12-21(28)27-15-7-6-8-17(27)2)24-13-11-18-16-26-20-10-5-4-9-19(18)20/h4-5,9-10,16-17,26H,3,6-8,11-15H2,1-2H3,(H2,23,24,25). The summed E-state index contributed by atoms with van der Waals surface area (Å²) in [5, 5.41) is 7.92. The molecule has 1 saturated heterocycles. The highest BCUT2D eigenvalue weighted by atomic mass is 16.2. The molecule has 1 atom stereocenters. The number of amides is 1. The lowest BCUT2D eigenvalue weighted by molar-refractivity contribution is -0.134. The summed E-state index contributed by atoms with van der Waals surface area (Å²) in [5.74, 6) is 1.01. The molecule has 3 N–H and O–H groups in total. The summed E-state index contributed by atoms with van der Waals surface area (Å²) < 4.78 is 0. The van der Waals surface area contributed by atoms with Crippen LogP contribution in [0.25, 0.3) is 10.9 Å². The lowest BCUT2D eigenvalue weighted by Gasteiger charge is -2.33. The van der Waals surface area contributed by atoms with Gasteiger partial charge in [-0.15, -0.1) is 0 Å². The zero-order valence-electron chi connectivity index (χ0n) is 17.1. The Morgan fingerprint density at radius 3 is 2.96 bits per heavy atom. The van der Waals surface area contributed by atoms with E-state index < -0.39 is 0 Å². The van der Waals surface area contributed by atoms with E-state index >= 15 is 0 Å². The Balaban J connectivity index is 1.47. The molecule has 1 aromatic carbocycles. The van der Waals surface area contributed by atoms with E-state index in [0.717, 1.165) is 44.9 Å². The maximum absolute atomic E-state index is 12.5. The molecule has 1 aromatic heterocycles. The third-order valence-electron chi connectivity index (χ3n) is 5.42. The molecule has 3 rings (SSSR count). The number of piperidine rings is 1. The second kappa shape index (κ2) is 10.2. The van der Waals surface area contributed by atoms with Gasteiger partial charge >= 0.3 is 0 Å². The predicted molar refractivity (Wildman–Crippen MR) is 116 cm³/mol. The number of aromatic nitrogens is 1. The number of nitrogens with one attached hydrogen (secondary N) is 3. The van der Waals surface area contributed by atoms with Crippen LogP contribution in [0, 0.1) is 0 Å². The summed E-state index contributed by atoms with van der Waals surface area (Å²) in [6.45, 7) is 7.21. The molecule has 6 heteroatoms. The molecule has 0 spiro atoms. The minimum atomic E-state index is 0.227. The number of aliphatic imine (C=N–C) groups is 1. The number of carbonyl (C=O) groups excluding carboxylic acids is 1. The normalized spacial score (nSPS) is 17.7. The predicted octanol–water partition coefficient (Wildman–Crippen LogP) is 3.06. The van der Waals surface area contributed by atoms with Gasteiger partial charge in [0.15, 0.2) is 5.96 Å². The molecule has 1 aliphatic rings. The van der Waals surface area contributed by atoms with Crippen molar-refractivity contribution in [2.45, 2.75) is 52.0 Å². The Morgan fingerprint density at radius 2 is 2.14 bits per heavy atom. The number of likely N-dealkylation sites (tertiary alicyclic amines) is 1. The van der Waals surface area contributed by atoms with Crippen molar-refractivity contribution in [1.82, 2.24) is 20.5 Å². The largest absolute Gasteiger partial charge is 0.361 e. The summed E-state index contributed by atoms with van der Waals surface area (Å²) in [4.78, 5) is 22.4. The number of aromatic amines is 1. The molecule has 0 radical (unpaired) electrons. The number of guanidine groups is 1. The highest BCUT2D eigenvalue weighted by molar-refractivity contribution is 5.83. The van der Waals surface area contributed by atoms with E-state index in [0.29, 0.717) is 19.0 Å². The van der Waals surface area contributed by atoms with Gasteiger partial charge in [0, 0.05) is 49.2 Å². The zero-order chi connectivity index (χ0) is 19.8. The molecule has 2 aromatic rings. The molecule has 0 bridgehead atoms. The average Bonchev–Trinajstić information content (AvgIpc) is 3.11. The third kappa shape index (κ3) is 5.27. The minimum Gasteiger partial charge on any atom is -0.361 e. The highest BCUT2D eigenvalue weighted by Crippen LogP contribution is 2.18. The molecule has 152 valence electrons. The van der Waals surface area contributed by atoms with Crippen LogP contribution in [0.2, 0.25) is 0 Å². The number of nitrogens with zero attached hydrogens (tertiary/aromatic N) is 2. The maximum Gasteiger partial charge on any atom is 0.224 e. The van der Waals surface area contributed by atoms with E-state index in [9.17, 15) is 4.79 Å². The first-order valence-corrected chi connectivity index (χ1v) is 10.6. The van der Waals surface area contributed by atoms with Gasteiger partial charge in [0.1, 0.15) is 0 Å². The van der Waals surface area contributed by atoms with Crippen LogP contribution in [0.1, 0.15) is 45.1 Å². The van der Waals surface area contributed by atoms with Crippen molar-refractivity contribution in [2.24, 2.45) is 4.99 Å². The van der Waals surface area contributed by atoms with Crippen molar-refractivity contribution in [3.63, 3.8) is 0 Å². The lowest BCUT2D eigenvalue weighted by atomic mass is 10.0. The van der Waals surface area contributed by atoms with Gasteiger partial charge in [0.25, 0.3) is 0 Å². The maximum atomic E-state index is 12.5. The van der Waals surface area contributed by atoms with Gasteiger partial charge in [0.2, 0.25) is 5.91 Å². The van der Waals surface area contributed by atoms with E-state index in [1.165, 1.54) is 22.9 Å². The van der Waals surface area contributed by atoms with Crippen molar-refractivity contribution in [2.75, 3.05) is 26.2 Å². The van der Waals surface area contributed by atoms with Gasteiger partial charge in [0.05, 0.1) is 6.54 Å². The van der Waals surface area contributed by atoms with Gasteiger partial charge in [-0.1, -0.05) is 18.2 Å². The Hall–Kier alpha value is -2.50. The quantitative estimate of drug-likeness (QED) is 0.508. The summed E-state index contributed by atoms with van der Waals surface area (Å²) in [6, 6.07) is 8.72. The number of hydrogen-bond acceptors (Lipinski definition) is 2. The topological polar surface area (TPSA) is 72.5 Å². The van der Waals surface area contributed by atoms with Crippen molar-refractivity contribution in [3.8, 4) is 0 Å². The molecule has 1 unspecified atom stereocenters. The van der Waals surface area contributed by atoms with Gasteiger partial charge in [-0.2, -0.15) is 0 Å². The second-order valence-electron chi connectivity index (χ2n) is 7.48. The van der Waals surface area contributed by atoms with Crippen LogP contribution in [0.5, 0.6) is 0 Å². The summed E-state index contributed by atoms with van der Waals surface area (Å²) in [7, 11) is 0. The van der Waals surface area contributed by atoms with Crippen molar-refractivity contribution in [3.05, 3.63) is 36.0 Å². The monoisotopic (exact) mass is 383 g/mol.